The molecule has 0 unspecified atom stereocenters. The molecule has 0 atom stereocenters. The molecule has 1 N–H and O–H groups in total. The Bertz CT molecular complexity index is 1030. The highest BCUT2D eigenvalue weighted by Gasteiger charge is 2.28. The van der Waals surface area contributed by atoms with Crippen molar-refractivity contribution >= 4 is 17.4 Å². The number of aryl methyl sites for hydroxylation is 1. The molecule has 6 heteroatoms. The Kier molecular flexibility index (Phi) is 4.24. The zero-order chi connectivity index (χ0) is 19.0. The summed E-state index contributed by atoms with van der Waals surface area (Å²) in [6, 6.07) is 12.5. The van der Waals surface area contributed by atoms with Crippen LogP contribution in [0.15, 0.2) is 47.0 Å². The van der Waals surface area contributed by atoms with Gasteiger partial charge in [-0.25, -0.2) is 0 Å². The number of amides is 1. The molecule has 1 aromatic heterocycles. The average Bonchev–Trinajstić information content (AvgIpc) is 3.12. The first kappa shape index (κ1) is 17.0. The zero-order valence-corrected chi connectivity index (χ0v) is 15.0. The predicted octanol–water partition coefficient (Wildman–Crippen LogP) is 3.90. The second-order valence-corrected chi connectivity index (χ2v) is 6.45. The number of anilines is 1. The molecule has 136 valence electrons. The van der Waals surface area contributed by atoms with Gasteiger partial charge in [0, 0.05) is 22.4 Å². The highest BCUT2D eigenvalue weighted by atomic mass is 16.5. The van der Waals surface area contributed by atoms with E-state index in [4.69, 9.17) is 9.26 Å². The van der Waals surface area contributed by atoms with E-state index in [1.807, 2.05) is 18.2 Å². The summed E-state index contributed by atoms with van der Waals surface area (Å²) in [7, 11) is 1.63. The largest absolute Gasteiger partial charge is 0.497 e. The molecule has 1 heterocycles. The second-order valence-electron chi connectivity index (χ2n) is 6.45. The van der Waals surface area contributed by atoms with E-state index in [-0.39, 0.29) is 11.7 Å². The number of nitrogens with one attached hydrogen (secondary N) is 1. The van der Waals surface area contributed by atoms with Gasteiger partial charge in [0.05, 0.1) is 7.11 Å². The van der Waals surface area contributed by atoms with Crippen LogP contribution in [0.4, 0.5) is 5.69 Å². The fraction of sp³-hybridized carbons (Fsp3) is 0.190. The summed E-state index contributed by atoms with van der Waals surface area (Å²) >= 11 is 0. The lowest BCUT2D eigenvalue weighted by Crippen LogP contribution is -2.16. The number of ketones is 1. The molecule has 0 spiro atoms. The summed E-state index contributed by atoms with van der Waals surface area (Å²) in [5.74, 6) is 1.08. The van der Waals surface area contributed by atoms with Crippen LogP contribution in [0, 0.1) is 0 Å². The maximum atomic E-state index is 12.7. The summed E-state index contributed by atoms with van der Waals surface area (Å²) in [6.45, 7) is 1.50. The lowest BCUT2D eigenvalue weighted by atomic mass is 9.89. The summed E-state index contributed by atoms with van der Waals surface area (Å²) in [6.07, 6.45) is 1.46. The molecule has 1 aliphatic rings. The molecule has 27 heavy (non-hydrogen) atoms. The molecular formula is C21H18N2O4. The Morgan fingerprint density at radius 3 is 2.59 bits per heavy atom. The first-order valence-corrected chi connectivity index (χ1v) is 8.65. The summed E-state index contributed by atoms with van der Waals surface area (Å²) in [5, 5.41) is 6.82. The second kappa shape index (κ2) is 6.72. The van der Waals surface area contributed by atoms with Crippen molar-refractivity contribution in [3.8, 4) is 17.1 Å². The van der Waals surface area contributed by atoms with Crippen LogP contribution in [0.25, 0.3) is 11.3 Å². The lowest BCUT2D eigenvalue weighted by Gasteiger charge is -2.15. The van der Waals surface area contributed by atoms with Crippen molar-refractivity contribution in [2.45, 2.75) is 19.8 Å². The van der Waals surface area contributed by atoms with Crippen LogP contribution >= 0.6 is 0 Å². The number of fused-ring (bicyclic) bond motifs is 3. The molecule has 0 fully saturated rings. The molecule has 0 saturated heterocycles. The van der Waals surface area contributed by atoms with E-state index in [2.05, 4.69) is 10.5 Å². The number of carbonyl (C=O) groups excluding carboxylic acids is 2. The van der Waals surface area contributed by atoms with Crippen molar-refractivity contribution in [1.29, 1.82) is 0 Å². The number of benzene rings is 2. The molecule has 3 aromatic rings. The quantitative estimate of drug-likeness (QED) is 0.712. The van der Waals surface area contributed by atoms with Crippen LogP contribution in [0.3, 0.4) is 0 Å². The average molecular weight is 362 g/mol. The van der Waals surface area contributed by atoms with E-state index in [0.29, 0.717) is 29.1 Å². The van der Waals surface area contributed by atoms with Gasteiger partial charge in [-0.15, -0.1) is 0 Å². The highest BCUT2D eigenvalue weighted by molar-refractivity contribution is 6.05. The van der Waals surface area contributed by atoms with Crippen LogP contribution in [0.1, 0.15) is 38.9 Å². The maximum absolute atomic E-state index is 12.7. The Balaban J connectivity index is 1.60. The van der Waals surface area contributed by atoms with Gasteiger partial charge in [0.1, 0.15) is 5.75 Å². The van der Waals surface area contributed by atoms with E-state index in [9.17, 15) is 9.59 Å². The predicted molar refractivity (Wildman–Crippen MR) is 100 cm³/mol. The number of nitrogens with zero attached hydrogens (tertiary/aromatic N) is 1. The SMILES string of the molecule is COc1ccc2c(c1)CCc1c(C(=O)Nc3ccc(C(C)=O)cc3)noc1-2. The number of ether oxygens (including phenoxy) is 1. The van der Waals surface area contributed by atoms with Crippen LogP contribution in [0.5, 0.6) is 5.75 Å². The van der Waals surface area contributed by atoms with Crippen molar-refractivity contribution in [1.82, 2.24) is 5.16 Å². The van der Waals surface area contributed by atoms with Gasteiger partial charge in [0.2, 0.25) is 0 Å². The lowest BCUT2D eigenvalue weighted by molar-refractivity contribution is 0.101. The van der Waals surface area contributed by atoms with E-state index in [1.165, 1.54) is 6.92 Å². The first-order chi connectivity index (χ1) is 13.1. The van der Waals surface area contributed by atoms with Crippen molar-refractivity contribution < 1.29 is 18.8 Å². The molecule has 0 aliphatic heterocycles. The van der Waals surface area contributed by atoms with Crippen LogP contribution in [-0.2, 0) is 12.8 Å². The smallest absolute Gasteiger partial charge is 0.278 e. The van der Waals surface area contributed by atoms with Crippen LogP contribution in [0.2, 0.25) is 0 Å². The van der Waals surface area contributed by atoms with Crippen molar-refractivity contribution in [2.24, 2.45) is 0 Å². The molecule has 1 amide bonds. The molecule has 0 bridgehead atoms. The Hall–Kier alpha value is -3.41. The van der Waals surface area contributed by atoms with Crippen LogP contribution < -0.4 is 10.1 Å². The molecule has 4 rings (SSSR count). The Labute approximate surface area is 156 Å². The third-order valence-electron chi connectivity index (χ3n) is 4.75. The highest BCUT2D eigenvalue weighted by Crippen LogP contribution is 2.37. The number of hydrogen-bond donors (Lipinski definition) is 1. The van der Waals surface area contributed by atoms with Gasteiger partial charge < -0.3 is 14.6 Å². The van der Waals surface area contributed by atoms with Gasteiger partial charge in [-0.3, -0.25) is 9.59 Å². The van der Waals surface area contributed by atoms with E-state index >= 15 is 0 Å². The number of aromatic nitrogens is 1. The van der Waals surface area contributed by atoms with E-state index in [0.717, 1.165) is 28.9 Å². The Morgan fingerprint density at radius 1 is 1.11 bits per heavy atom. The molecule has 0 radical (unpaired) electrons. The number of methoxy groups -OCH3 is 1. The number of Topliss-reactive ketones (excluding diaryl/α,β-unsaturated/α-hetero) is 1. The van der Waals surface area contributed by atoms with Gasteiger partial charge >= 0.3 is 0 Å². The van der Waals surface area contributed by atoms with Gasteiger partial charge in [0.15, 0.2) is 17.2 Å². The van der Waals surface area contributed by atoms with E-state index in [1.54, 1.807) is 31.4 Å². The van der Waals surface area contributed by atoms with Crippen molar-refractivity contribution in [2.75, 3.05) is 12.4 Å². The number of hydrogen-bond acceptors (Lipinski definition) is 5. The zero-order valence-electron chi connectivity index (χ0n) is 15.0. The van der Waals surface area contributed by atoms with Gasteiger partial charge in [-0.1, -0.05) is 5.16 Å². The van der Waals surface area contributed by atoms with Gasteiger partial charge in [-0.05, 0) is 67.8 Å². The normalized spacial score (nSPS) is 12.1. The summed E-state index contributed by atoms with van der Waals surface area (Å²) < 4.78 is 10.8. The third-order valence-corrected chi connectivity index (χ3v) is 4.75. The molecule has 6 nitrogen and oxygen atoms in total. The van der Waals surface area contributed by atoms with Crippen LogP contribution in [-0.4, -0.2) is 24.0 Å². The fourth-order valence-corrected chi connectivity index (χ4v) is 3.29. The maximum Gasteiger partial charge on any atom is 0.278 e. The van der Waals surface area contributed by atoms with Crippen molar-refractivity contribution in [3.63, 3.8) is 0 Å². The molecule has 1 aliphatic carbocycles. The molecule has 0 saturated carbocycles. The Morgan fingerprint density at radius 2 is 1.89 bits per heavy atom. The summed E-state index contributed by atoms with van der Waals surface area (Å²) in [4.78, 5) is 24.0. The fourth-order valence-electron chi connectivity index (χ4n) is 3.29. The minimum atomic E-state index is -0.326. The molecule has 2 aromatic carbocycles. The summed E-state index contributed by atoms with van der Waals surface area (Å²) in [5.41, 5.74) is 4.35. The first-order valence-electron chi connectivity index (χ1n) is 8.65. The standard InChI is InChI=1S/C21H18N2O4/c1-12(24)13-3-6-15(7-4-13)22-21(25)19-18-9-5-14-11-16(26-2)8-10-17(14)20(18)27-23-19/h3-4,6-8,10-11H,5,9H2,1-2H3,(H,22,25). The van der Waals surface area contributed by atoms with E-state index < -0.39 is 0 Å². The minimum absolute atomic E-state index is 0.0197. The number of carbonyl (C=O) groups is 2. The molecular weight excluding hydrogens is 344 g/mol. The van der Waals surface area contributed by atoms with Gasteiger partial charge in [0.25, 0.3) is 5.91 Å². The number of rotatable bonds is 4. The monoisotopic (exact) mass is 362 g/mol. The van der Waals surface area contributed by atoms with Crippen molar-refractivity contribution in [3.05, 3.63) is 64.8 Å². The topological polar surface area (TPSA) is 81.4 Å². The minimum Gasteiger partial charge on any atom is -0.497 e. The van der Waals surface area contributed by atoms with Gasteiger partial charge in [-0.2, -0.15) is 0 Å². The third kappa shape index (κ3) is 3.10.